The Balaban J connectivity index is 1.38. The summed E-state index contributed by atoms with van der Waals surface area (Å²) in [5.74, 6) is 10.0. The van der Waals surface area contributed by atoms with Crippen LogP contribution in [0.4, 0.5) is 4.39 Å². The highest BCUT2D eigenvalue weighted by atomic mass is 19.1. The minimum Gasteiger partial charge on any atom is -0.207 e. The van der Waals surface area contributed by atoms with Crippen LogP contribution in [-0.2, 0) is 6.42 Å². The summed E-state index contributed by atoms with van der Waals surface area (Å²) >= 11 is 0. The lowest BCUT2D eigenvalue weighted by atomic mass is 9.69. The third kappa shape index (κ3) is 6.87. The van der Waals surface area contributed by atoms with E-state index in [1.165, 1.54) is 83.5 Å². The van der Waals surface area contributed by atoms with Gasteiger partial charge in [-0.3, -0.25) is 0 Å². The molecule has 2 fully saturated rings. The number of benzene rings is 1. The van der Waals surface area contributed by atoms with Crippen LogP contribution in [-0.4, -0.2) is 0 Å². The predicted octanol–water partition coefficient (Wildman–Crippen LogP) is 8.32. The first-order valence-electron chi connectivity index (χ1n) is 12.5. The molecule has 0 aliphatic heterocycles. The lowest BCUT2D eigenvalue weighted by Crippen LogP contribution is -2.25. The van der Waals surface area contributed by atoms with Crippen LogP contribution in [0.1, 0.15) is 108 Å². The SMILES string of the molecule is CCCCCC[C@H]1CC[C@H](C2CCC(C#Cc3ccc(CC)c(F)c3)CC2)CC1. The van der Waals surface area contributed by atoms with Crippen LogP contribution in [0.25, 0.3) is 0 Å². The van der Waals surface area contributed by atoms with Gasteiger partial charge in [-0.1, -0.05) is 76.7 Å². The van der Waals surface area contributed by atoms with Gasteiger partial charge in [-0.25, -0.2) is 4.39 Å². The van der Waals surface area contributed by atoms with E-state index < -0.39 is 0 Å². The van der Waals surface area contributed by atoms with Gasteiger partial charge in [0, 0.05) is 11.5 Å². The van der Waals surface area contributed by atoms with Gasteiger partial charge >= 0.3 is 0 Å². The number of halogens is 1. The molecule has 2 aliphatic carbocycles. The Hall–Kier alpha value is -1.29. The van der Waals surface area contributed by atoms with Crippen molar-refractivity contribution in [3.63, 3.8) is 0 Å². The first kappa shape index (κ1) is 22.4. The lowest BCUT2D eigenvalue weighted by molar-refractivity contribution is 0.153. The average molecular weight is 397 g/mol. The molecule has 0 spiro atoms. The van der Waals surface area contributed by atoms with E-state index in [1.807, 2.05) is 19.1 Å². The molecule has 29 heavy (non-hydrogen) atoms. The lowest BCUT2D eigenvalue weighted by Gasteiger charge is -2.37. The van der Waals surface area contributed by atoms with Crippen molar-refractivity contribution in [3.05, 3.63) is 35.1 Å². The topological polar surface area (TPSA) is 0 Å². The van der Waals surface area contributed by atoms with Crippen LogP contribution < -0.4 is 0 Å². The normalized spacial score (nSPS) is 27.3. The number of unbranched alkanes of at least 4 members (excludes halogenated alkanes) is 3. The average Bonchev–Trinajstić information content (AvgIpc) is 2.76. The zero-order valence-electron chi connectivity index (χ0n) is 18.8. The Morgan fingerprint density at radius 1 is 0.862 bits per heavy atom. The molecule has 0 aromatic heterocycles. The first-order chi connectivity index (χ1) is 14.2. The molecule has 1 aromatic rings. The van der Waals surface area contributed by atoms with Gasteiger partial charge in [-0.2, -0.15) is 0 Å². The molecule has 2 aliphatic rings. The molecule has 0 amide bonds. The molecule has 3 rings (SSSR count). The van der Waals surface area contributed by atoms with E-state index in [-0.39, 0.29) is 5.82 Å². The van der Waals surface area contributed by atoms with Gasteiger partial charge in [0.05, 0.1) is 0 Å². The van der Waals surface area contributed by atoms with Crippen molar-refractivity contribution < 1.29 is 4.39 Å². The molecule has 0 heterocycles. The Morgan fingerprint density at radius 2 is 1.55 bits per heavy atom. The standard InChI is InChI=1S/C28H41F/c1-3-5-6-7-8-22-11-17-26(18-12-22)27-19-13-23(14-20-27)9-10-24-15-16-25(4-2)28(29)21-24/h15-16,21-23,26-27H,3-8,11-14,17-20H2,1-2H3/t22-,23?,26-,27?. The molecule has 0 nitrogen and oxygen atoms in total. The summed E-state index contributed by atoms with van der Waals surface area (Å²) in [6.45, 7) is 4.29. The van der Waals surface area contributed by atoms with E-state index in [9.17, 15) is 4.39 Å². The predicted molar refractivity (Wildman–Crippen MR) is 122 cm³/mol. The summed E-state index contributed by atoms with van der Waals surface area (Å²) in [7, 11) is 0. The van der Waals surface area contributed by atoms with Crippen molar-refractivity contribution in [2.75, 3.05) is 0 Å². The van der Waals surface area contributed by atoms with Gasteiger partial charge in [0.1, 0.15) is 5.82 Å². The third-order valence-corrected chi connectivity index (χ3v) is 7.65. The molecule has 0 atom stereocenters. The van der Waals surface area contributed by atoms with Crippen molar-refractivity contribution in [1.82, 2.24) is 0 Å². The van der Waals surface area contributed by atoms with Gasteiger partial charge in [-0.05, 0) is 80.4 Å². The highest BCUT2D eigenvalue weighted by Gasteiger charge is 2.30. The largest absolute Gasteiger partial charge is 0.207 e. The van der Waals surface area contributed by atoms with E-state index in [2.05, 4.69) is 18.8 Å². The van der Waals surface area contributed by atoms with E-state index in [4.69, 9.17) is 0 Å². The zero-order valence-corrected chi connectivity index (χ0v) is 18.8. The molecular weight excluding hydrogens is 355 g/mol. The fourth-order valence-electron chi connectivity index (χ4n) is 5.64. The monoisotopic (exact) mass is 396 g/mol. The smallest absolute Gasteiger partial charge is 0.127 e. The number of aryl methyl sites for hydroxylation is 1. The Kier molecular flexibility index (Phi) is 9.10. The summed E-state index contributed by atoms with van der Waals surface area (Å²) in [6.07, 6.45) is 19.0. The molecule has 0 saturated heterocycles. The first-order valence-corrected chi connectivity index (χ1v) is 12.5. The molecule has 1 aromatic carbocycles. The molecule has 0 N–H and O–H groups in total. The van der Waals surface area contributed by atoms with Crippen molar-refractivity contribution >= 4 is 0 Å². The summed E-state index contributed by atoms with van der Waals surface area (Å²) in [5, 5.41) is 0. The van der Waals surface area contributed by atoms with E-state index in [0.29, 0.717) is 5.92 Å². The Morgan fingerprint density at radius 3 is 2.17 bits per heavy atom. The highest BCUT2D eigenvalue weighted by Crippen LogP contribution is 2.42. The molecule has 160 valence electrons. The second kappa shape index (κ2) is 11.8. The van der Waals surface area contributed by atoms with Gasteiger partial charge in [0.25, 0.3) is 0 Å². The minimum atomic E-state index is -0.107. The number of hydrogen-bond donors (Lipinski definition) is 0. The molecule has 1 heteroatoms. The summed E-state index contributed by atoms with van der Waals surface area (Å²) in [6, 6.07) is 5.47. The second-order valence-electron chi connectivity index (χ2n) is 9.67. The molecule has 0 unspecified atom stereocenters. The Bertz CT molecular complexity index is 663. The van der Waals surface area contributed by atoms with Gasteiger partial charge in [0.2, 0.25) is 0 Å². The van der Waals surface area contributed by atoms with Crippen LogP contribution in [0.2, 0.25) is 0 Å². The maximum absolute atomic E-state index is 13.9. The minimum absolute atomic E-state index is 0.107. The molecular formula is C28H41F. The summed E-state index contributed by atoms with van der Waals surface area (Å²) < 4.78 is 13.9. The van der Waals surface area contributed by atoms with Gasteiger partial charge < -0.3 is 0 Å². The summed E-state index contributed by atoms with van der Waals surface area (Å²) in [5.41, 5.74) is 1.62. The quantitative estimate of drug-likeness (QED) is 0.321. The van der Waals surface area contributed by atoms with Crippen molar-refractivity contribution in [2.24, 2.45) is 23.7 Å². The number of hydrogen-bond acceptors (Lipinski definition) is 0. The fraction of sp³-hybridized carbons (Fsp3) is 0.714. The van der Waals surface area contributed by atoms with Crippen LogP contribution in [0.5, 0.6) is 0 Å². The second-order valence-corrected chi connectivity index (χ2v) is 9.67. The van der Waals surface area contributed by atoms with Crippen LogP contribution in [0.15, 0.2) is 18.2 Å². The van der Waals surface area contributed by atoms with Crippen molar-refractivity contribution in [2.45, 2.75) is 104 Å². The zero-order chi connectivity index (χ0) is 20.5. The maximum atomic E-state index is 13.9. The molecule has 0 bridgehead atoms. The maximum Gasteiger partial charge on any atom is 0.127 e. The van der Waals surface area contributed by atoms with E-state index in [0.717, 1.165) is 35.3 Å². The van der Waals surface area contributed by atoms with Crippen LogP contribution >= 0.6 is 0 Å². The highest BCUT2D eigenvalue weighted by molar-refractivity contribution is 5.37. The third-order valence-electron chi connectivity index (χ3n) is 7.65. The van der Waals surface area contributed by atoms with Gasteiger partial charge in [-0.15, -0.1) is 0 Å². The van der Waals surface area contributed by atoms with Crippen LogP contribution in [0, 0.1) is 41.3 Å². The van der Waals surface area contributed by atoms with Crippen molar-refractivity contribution in [3.8, 4) is 11.8 Å². The molecule has 0 radical (unpaired) electrons. The number of rotatable bonds is 7. The Labute approximate surface area is 179 Å². The molecule has 2 saturated carbocycles. The van der Waals surface area contributed by atoms with E-state index in [1.54, 1.807) is 6.07 Å². The summed E-state index contributed by atoms with van der Waals surface area (Å²) in [4.78, 5) is 0. The van der Waals surface area contributed by atoms with E-state index >= 15 is 0 Å². The van der Waals surface area contributed by atoms with Crippen molar-refractivity contribution in [1.29, 1.82) is 0 Å². The van der Waals surface area contributed by atoms with Gasteiger partial charge in [0.15, 0.2) is 0 Å². The fourth-order valence-corrected chi connectivity index (χ4v) is 5.64. The van der Waals surface area contributed by atoms with Crippen LogP contribution in [0.3, 0.4) is 0 Å².